The predicted octanol–water partition coefficient (Wildman–Crippen LogP) is 3.24. The van der Waals surface area contributed by atoms with Crippen LogP contribution in [0.5, 0.6) is 0 Å². The standard InChI is InChI=1S/C20H28N4/c1-17-15-20(24-10-4-9-21-24)8-7-18(17)16-22-11-13-23(14-12-22)19-5-2-3-6-19/h4,7-10,15,19H,2-3,5-6,11-14,16H2,1H3. The Balaban J connectivity index is 1.36. The smallest absolute Gasteiger partial charge is 0.0648 e. The lowest BCUT2D eigenvalue weighted by Gasteiger charge is -2.38. The van der Waals surface area contributed by atoms with Gasteiger partial charge in [0, 0.05) is 51.2 Å². The molecule has 4 heteroatoms. The molecule has 1 saturated carbocycles. The highest BCUT2D eigenvalue weighted by Gasteiger charge is 2.26. The fraction of sp³-hybridized carbons (Fsp3) is 0.550. The largest absolute Gasteiger partial charge is 0.298 e. The maximum absolute atomic E-state index is 4.32. The van der Waals surface area contributed by atoms with Gasteiger partial charge in [0.1, 0.15) is 0 Å². The van der Waals surface area contributed by atoms with Crippen molar-refractivity contribution in [3.63, 3.8) is 0 Å². The summed E-state index contributed by atoms with van der Waals surface area (Å²) in [4.78, 5) is 5.35. The molecule has 0 N–H and O–H groups in total. The lowest BCUT2D eigenvalue weighted by Crippen LogP contribution is -2.49. The van der Waals surface area contributed by atoms with E-state index in [4.69, 9.17) is 0 Å². The van der Waals surface area contributed by atoms with Crippen molar-refractivity contribution < 1.29 is 0 Å². The molecule has 2 fully saturated rings. The highest BCUT2D eigenvalue weighted by Crippen LogP contribution is 2.25. The van der Waals surface area contributed by atoms with Crippen LogP contribution in [0.1, 0.15) is 36.8 Å². The van der Waals surface area contributed by atoms with E-state index in [9.17, 15) is 0 Å². The summed E-state index contributed by atoms with van der Waals surface area (Å²) in [5.41, 5.74) is 3.95. The number of hydrogen-bond donors (Lipinski definition) is 0. The fourth-order valence-corrected chi connectivity index (χ4v) is 4.22. The molecule has 0 unspecified atom stereocenters. The minimum Gasteiger partial charge on any atom is -0.298 e. The Bertz CT molecular complexity index is 650. The van der Waals surface area contributed by atoms with Crippen molar-refractivity contribution in [1.82, 2.24) is 19.6 Å². The van der Waals surface area contributed by atoms with Gasteiger partial charge >= 0.3 is 0 Å². The third-order valence-corrected chi connectivity index (χ3v) is 5.74. The van der Waals surface area contributed by atoms with Crippen LogP contribution < -0.4 is 0 Å². The van der Waals surface area contributed by atoms with E-state index in [0.29, 0.717) is 0 Å². The quantitative estimate of drug-likeness (QED) is 0.863. The second kappa shape index (κ2) is 7.08. The number of piperazine rings is 1. The van der Waals surface area contributed by atoms with Crippen molar-refractivity contribution in [2.75, 3.05) is 26.2 Å². The molecular weight excluding hydrogens is 296 g/mol. The molecule has 1 saturated heterocycles. The number of aromatic nitrogens is 2. The van der Waals surface area contributed by atoms with E-state index in [1.54, 1.807) is 0 Å². The van der Waals surface area contributed by atoms with Crippen LogP contribution in [-0.4, -0.2) is 51.8 Å². The zero-order valence-corrected chi connectivity index (χ0v) is 14.7. The van der Waals surface area contributed by atoms with Crippen molar-refractivity contribution in [2.24, 2.45) is 0 Å². The number of benzene rings is 1. The van der Waals surface area contributed by atoms with E-state index < -0.39 is 0 Å². The minimum absolute atomic E-state index is 0.877. The van der Waals surface area contributed by atoms with Crippen LogP contribution in [0, 0.1) is 6.92 Å². The average Bonchev–Trinajstić information content (AvgIpc) is 3.31. The Kier molecular flexibility index (Phi) is 4.67. The molecule has 2 aromatic rings. The molecule has 2 aliphatic rings. The Morgan fingerprint density at radius 2 is 1.88 bits per heavy atom. The van der Waals surface area contributed by atoms with Gasteiger partial charge in [0.25, 0.3) is 0 Å². The van der Waals surface area contributed by atoms with Crippen LogP contribution in [0.25, 0.3) is 5.69 Å². The van der Waals surface area contributed by atoms with E-state index in [0.717, 1.165) is 18.3 Å². The molecule has 2 heterocycles. The van der Waals surface area contributed by atoms with Gasteiger partial charge in [-0.1, -0.05) is 18.9 Å². The summed E-state index contributed by atoms with van der Waals surface area (Å²) in [5, 5.41) is 4.32. The molecule has 0 amide bonds. The van der Waals surface area contributed by atoms with Gasteiger partial charge in [-0.15, -0.1) is 0 Å². The number of nitrogens with zero attached hydrogens (tertiary/aromatic N) is 4. The second-order valence-electron chi connectivity index (χ2n) is 7.31. The summed E-state index contributed by atoms with van der Waals surface area (Å²) in [5.74, 6) is 0. The van der Waals surface area contributed by atoms with Gasteiger partial charge in [0.2, 0.25) is 0 Å². The molecule has 1 aliphatic heterocycles. The van der Waals surface area contributed by atoms with Crippen molar-refractivity contribution in [3.8, 4) is 5.69 Å². The molecule has 4 nitrogen and oxygen atoms in total. The Morgan fingerprint density at radius 1 is 1.08 bits per heavy atom. The van der Waals surface area contributed by atoms with Crippen LogP contribution in [-0.2, 0) is 6.54 Å². The van der Waals surface area contributed by atoms with Gasteiger partial charge in [-0.25, -0.2) is 4.68 Å². The predicted molar refractivity (Wildman–Crippen MR) is 97.4 cm³/mol. The second-order valence-corrected chi connectivity index (χ2v) is 7.31. The van der Waals surface area contributed by atoms with Crippen molar-refractivity contribution in [3.05, 3.63) is 47.8 Å². The molecule has 4 rings (SSSR count). The third-order valence-electron chi connectivity index (χ3n) is 5.74. The van der Waals surface area contributed by atoms with Crippen LogP contribution in [0.15, 0.2) is 36.7 Å². The van der Waals surface area contributed by atoms with E-state index in [2.05, 4.69) is 40.0 Å². The first-order chi connectivity index (χ1) is 11.8. The van der Waals surface area contributed by atoms with Gasteiger partial charge in [-0.3, -0.25) is 9.80 Å². The SMILES string of the molecule is Cc1cc(-n2cccn2)ccc1CN1CCN(C2CCCC2)CC1. The van der Waals surface area contributed by atoms with Crippen LogP contribution in [0.4, 0.5) is 0 Å². The summed E-state index contributed by atoms with van der Waals surface area (Å²) in [6.07, 6.45) is 9.55. The molecule has 0 bridgehead atoms. The van der Waals surface area contributed by atoms with E-state index >= 15 is 0 Å². The van der Waals surface area contributed by atoms with Crippen LogP contribution >= 0.6 is 0 Å². The van der Waals surface area contributed by atoms with E-state index in [1.165, 1.54) is 63.0 Å². The van der Waals surface area contributed by atoms with Crippen molar-refractivity contribution in [1.29, 1.82) is 0 Å². The summed E-state index contributed by atoms with van der Waals surface area (Å²) in [7, 11) is 0. The van der Waals surface area contributed by atoms with Crippen molar-refractivity contribution in [2.45, 2.75) is 45.2 Å². The average molecular weight is 324 g/mol. The first-order valence-electron chi connectivity index (χ1n) is 9.35. The maximum atomic E-state index is 4.32. The molecule has 1 aliphatic carbocycles. The zero-order valence-electron chi connectivity index (χ0n) is 14.7. The minimum atomic E-state index is 0.877. The van der Waals surface area contributed by atoms with E-state index in [-0.39, 0.29) is 0 Å². The molecule has 1 aromatic carbocycles. The molecule has 1 aromatic heterocycles. The fourth-order valence-electron chi connectivity index (χ4n) is 4.22. The van der Waals surface area contributed by atoms with E-state index in [1.807, 2.05) is 23.1 Å². The molecule has 0 radical (unpaired) electrons. The zero-order chi connectivity index (χ0) is 16.4. The summed E-state index contributed by atoms with van der Waals surface area (Å²) in [6.45, 7) is 8.19. The lowest BCUT2D eigenvalue weighted by atomic mass is 10.1. The highest BCUT2D eigenvalue weighted by molar-refractivity contribution is 5.39. The Morgan fingerprint density at radius 3 is 2.54 bits per heavy atom. The molecule has 0 spiro atoms. The van der Waals surface area contributed by atoms with Crippen LogP contribution in [0.3, 0.4) is 0 Å². The molecule has 128 valence electrons. The summed E-state index contributed by atoms with van der Waals surface area (Å²) < 4.78 is 1.93. The van der Waals surface area contributed by atoms with Gasteiger partial charge in [0.15, 0.2) is 0 Å². The maximum Gasteiger partial charge on any atom is 0.0648 e. The normalized spacial score (nSPS) is 20.7. The topological polar surface area (TPSA) is 24.3 Å². The molecule has 24 heavy (non-hydrogen) atoms. The molecule has 0 atom stereocenters. The van der Waals surface area contributed by atoms with Gasteiger partial charge < -0.3 is 0 Å². The lowest BCUT2D eigenvalue weighted by molar-refractivity contribution is 0.0936. The first-order valence-corrected chi connectivity index (χ1v) is 9.35. The summed E-state index contributed by atoms with van der Waals surface area (Å²) in [6, 6.07) is 9.55. The number of rotatable bonds is 4. The molecular formula is C20H28N4. The van der Waals surface area contributed by atoms with Crippen LogP contribution in [0.2, 0.25) is 0 Å². The van der Waals surface area contributed by atoms with Gasteiger partial charge in [-0.2, -0.15) is 5.10 Å². The van der Waals surface area contributed by atoms with Crippen molar-refractivity contribution >= 4 is 0 Å². The van der Waals surface area contributed by atoms with Gasteiger partial charge in [-0.05, 0) is 49.1 Å². The number of aryl methyl sites for hydroxylation is 1. The third kappa shape index (κ3) is 3.40. The monoisotopic (exact) mass is 324 g/mol. The Labute approximate surface area is 145 Å². The van der Waals surface area contributed by atoms with Gasteiger partial charge in [0.05, 0.1) is 5.69 Å². The summed E-state index contributed by atoms with van der Waals surface area (Å²) >= 11 is 0. The first kappa shape index (κ1) is 15.9. The Hall–Kier alpha value is -1.65. The highest BCUT2D eigenvalue weighted by atomic mass is 15.3. The number of hydrogen-bond acceptors (Lipinski definition) is 3.